The van der Waals surface area contributed by atoms with Gasteiger partial charge in [0.15, 0.2) is 0 Å². The third kappa shape index (κ3) is 5.48. The van der Waals surface area contributed by atoms with E-state index in [2.05, 4.69) is 0 Å². The van der Waals surface area contributed by atoms with Crippen LogP contribution in [0.15, 0.2) is 24.3 Å². The molecule has 1 rings (SSSR count). The second-order valence-corrected chi connectivity index (χ2v) is 7.12. The van der Waals surface area contributed by atoms with Crippen molar-refractivity contribution < 1.29 is 13.2 Å². The van der Waals surface area contributed by atoms with E-state index < -0.39 is 9.84 Å². The number of nitrogens with zero attached hydrogens (tertiary/aromatic N) is 1. The van der Waals surface area contributed by atoms with Crippen LogP contribution in [0.1, 0.15) is 18.5 Å². The molecule has 0 amide bonds. The molecule has 0 aromatic heterocycles. The number of likely N-dealkylation sites (N-methyl/N-ethyl adjacent to an activating group) is 1. The maximum atomic E-state index is 11.2. The molecule has 0 radical (unpaired) electrons. The second kappa shape index (κ2) is 7.61. The molecule has 20 heavy (non-hydrogen) atoms. The van der Waals surface area contributed by atoms with E-state index in [0.717, 1.165) is 11.3 Å². The Morgan fingerprint density at radius 3 is 2.35 bits per heavy atom. The Hall–Kier alpha value is -1.11. The Balaban J connectivity index is 2.73. The fourth-order valence-corrected chi connectivity index (χ4v) is 2.61. The van der Waals surface area contributed by atoms with Crippen molar-refractivity contribution in [1.29, 1.82) is 0 Å². The first kappa shape index (κ1) is 16.9. The van der Waals surface area contributed by atoms with E-state index in [4.69, 9.17) is 10.5 Å². The Morgan fingerprint density at radius 1 is 1.30 bits per heavy atom. The fraction of sp³-hybridized carbons (Fsp3) is 0.571. The van der Waals surface area contributed by atoms with Crippen LogP contribution in [-0.4, -0.2) is 52.1 Å². The maximum absolute atomic E-state index is 11.2. The predicted molar refractivity (Wildman–Crippen MR) is 81.7 cm³/mol. The van der Waals surface area contributed by atoms with Crippen LogP contribution in [0.5, 0.6) is 5.75 Å². The third-order valence-electron chi connectivity index (χ3n) is 3.15. The summed E-state index contributed by atoms with van der Waals surface area (Å²) in [5.41, 5.74) is 6.88. The Bertz CT molecular complexity index is 500. The first-order valence-corrected chi connectivity index (χ1v) is 8.74. The van der Waals surface area contributed by atoms with Crippen LogP contribution in [0, 0.1) is 0 Å². The molecular weight excluding hydrogens is 276 g/mol. The quantitative estimate of drug-likeness (QED) is 0.777. The molecule has 0 saturated heterocycles. The average Bonchev–Trinajstić information content (AvgIpc) is 2.39. The fourth-order valence-electron chi connectivity index (χ4n) is 1.99. The molecule has 0 fully saturated rings. The van der Waals surface area contributed by atoms with E-state index in [0.29, 0.717) is 19.7 Å². The van der Waals surface area contributed by atoms with Gasteiger partial charge in [-0.3, -0.25) is 4.90 Å². The van der Waals surface area contributed by atoms with Crippen molar-refractivity contribution in [2.75, 3.05) is 38.8 Å². The second-order valence-electron chi connectivity index (χ2n) is 4.86. The van der Waals surface area contributed by atoms with Gasteiger partial charge in [0.2, 0.25) is 0 Å². The van der Waals surface area contributed by atoms with E-state index in [9.17, 15) is 8.42 Å². The number of rotatable bonds is 8. The lowest BCUT2D eigenvalue weighted by Gasteiger charge is -2.27. The Labute approximate surface area is 121 Å². The summed E-state index contributed by atoms with van der Waals surface area (Å²) in [6.45, 7) is 3.48. The van der Waals surface area contributed by atoms with E-state index >= 15 is 0 Å². The molecule has 5 nitrogen and oxygen atoms in total. The standard InChI is InChI=1S/C14H24N2O3S/c1-4-19-13-7-5-12(6-8-13)14(11-15)16(2)9-10-20(3,17)18/h5-8,14H,4,9-11,15H2,1-3H3. The summed E-state index contributed by atoms with van der Waals surface area (Å²) >= 11 is 0. The van der Waals surface area contributed by atoms with Crippen LogP contribution >= 0.6 is 0 Å². The zero-order valence-corrected chi connectivity index (χ0v) is 13.2. The summed E-state index contributed by atoms with van der Waals surface area (Å²) in [5.74, 6) is 0.961. The number of hydrogen-bond acceptors (Lipinski definition) is 5. The number of benzene rings is 1. The molecule has 1 atom stereocenters. The topological polar surface area (TPSA) is 72.6 Å². The summed E-state index contributed by atoms with van der Waals surface area (Å²) in [6.07, 6.45) is 1.25. The van der Waals surface area contributed by atoms with Gasteiger partial charge in [-0.05, 0) is 31.7 Å². The van der Waals surface area contributed by atoms with Gasteiger partial charge in [0, 0.05) is 25.4 Å². The average molecular weight is 300 g/mol. The van der Waals surface area contributed by atoms with E-state index in [-0.39, 0.29) is 11.8 Å². The van der Waals surface area contributed by atoms with Crippen molar-refractivity contribution in [1.82, 2.24) is 4.90 Å². The molecule has 0 aliphatic carbocycles. The number of ether oxygens (including phenoxy) is 1. The van der Waals surface area contributed by atoms with Crippen molar-refractivity contribution in [3.8, 4) is 5.75 Å². The largest absolute Gasteiger partial charge is 0.494 e. The van der Waals surface area contributed by atoms with Crippen molar-refractivity contribution in [3.05, 3.63) is 29.8 Å². The van der Waals surface area contributed by atoms with Crippen LogP contribution in [0.25, 0.3) is 0 Å². The molecule has 0 bridgehead atoms. The minimum absolute atomic E-state index is 0.00688. The molecule has 1 aromatic rings. The van der Waals surface area contributed by atoms with Crippen LogP contribution in [0.4, 0.5) is 0 Å². The minimum atomic E-state index is -2.96. The molecule has 6 heteroatoms. The van der Waals surface area contributed by atoms with Gasteiger partial charge in [-0.1, -0.05) is 12.1 Å². The molecule has 0 spiro atoms. The van der Waals surface area contributed by atoms with Crippen molar-refractivity contribution in [2.45, 2.75) is 13.0 Å². The molecule has 0 heterocycles. The summed E-state index contributed by atoms with van der Waals surface area (Å²) in [4.78, 5) is 1.97. The first-order chi connectivity index (χ1) is 9.37. The van der Waals surface area contributed by atoms with E-state index in [1.807, 2.05) is 43.1 Å². The minimum Gasteiger partial charge on any atom is -0.494 e. The molecule has 1 unspecified atom stereocenters. The van der Waals surface area contributed by atoms with Gasteiger partial charge in [0.05, 0.1) is 12.4 Å². The third-order valence-corrected chi connectivity index (χ3v) is 4.07. The van der Waals surface area contributed by atoms with Gasteiger partial charge in [0.25, 0.3) is 0 Å². The van der Waals surface area contributed by atoms with Crippen molar-refractivity contribution in [3.63, 3.8) is 0 Å². The molecule has 0 aliphatic rings. The zero-order chi connectivity index (χ0) is 15.2. The van der Waals surface area contributed by atoms with Gasteiger partial charge in [-0.15, -0.1) is 0 Å². The lowest BCUT2D eigenvalue weighted by Crippen LogP contribution is -2.33. The molecule has 0 saturated carbocycles. The lowest BCUT2D eigenvalue weighted by molar-refractivity contribution is 0.264. The SMILES string of the molecule is CCOc1ccc(C(CN)N(C)CCS(C)(=O)=O)cc1. The Morgan fingerprint density at radius 2 is 1.90 bits per heavy atom. The molecule has 2 N–H and O–H groups in total. The predicted octanol–water partition coefficient (Wildman–Crippen LogP) is 1.06. The van der Waals surface area contributed by atoms with E-state index in [1.165, 1.54) is 6.26 Å². The normalized spacial score (nSPS) is 13.4. The molecule has 114 valence electrons. The van der Waals surface area contributed by atoms with Gasteiger partial charge >= 0.3 is 0 Å². The van der Waals surface area contributed by atoms with Crippen molar-refractivity contribution in [2.24, 2.45) is 5.73 Å². The van der Waals surface area contributed by atoms with Crippen LogP contribution in [0.2, 0.25) is 0 Å². The highest BCUT2D eigenvalue weighted by Crippen LogP contribution is 2.21. The Kier molecular flexibility index (Phi) is 6.45. The first-order valence-electron chi connectivity index (χ1n) is 6.68. The van der Waals surface area contributed by atoms with Gasteiger partial charge < -0.3 is 10.5 Å². The summed E-state index contributed by atoms with van der Waals surface area (Å²) < 4.78 is 27.9. The summed E-state index contributed by atoms with van der Waals surface area (Å²) in [6, 6.07) is 7.77. The number of sulfone groups is 1. The number of hydrogen-bond donors (Lipinski definition) is 1. The van der Waals surface area contributed by atoms with E-state index in [1.54, 1.807) is 0 Å². The lowest BCUT2D eigenvalue weighted by atomic mass is 10.1. The highest BCUT2D eigenvalue weighted by molar-refractivity contribution is 7.90. The highest BCUT2D eigenvalue weighted by Gasteiger charge is 2.16. The van der Waals surface area contributed by atoms with Crippen LogP contribution in [-0.2, 0) is 9.84 Å². The maximum Gasteiger partial charge on any atom is 0.148 e. The highest BCUT2D eigenvalue weighted by atomic mass is 32.2. The van der Waals surface area contributed by atoms with Gasteiger partial charge in [-0.25, -0.2) is 8.42 Å². The molecule has 0 aliphatic heterocycles. The smallest absolute Gasteiger partial charge is 0.148 e. The summed E-state index contributed by atoms with van der Waals surface area (Å²) in [7, 11) is -1.07. The monoisotopic (exact) mass is 300 g/mol. The van der Waals surface area contributed by atoms with Crippen LogP contribution in [0.3, 0.4) is 0 Å². The van der Waals surface area contributed by atoms with Gasteiger partial charge in [-0.2, -0.15) is 0 Å². The summed E-state index contributed by atoms with van der Waals surface area (Å²) in [5, 5.41) is 0. The molecular formula is C14H24N2O3S. The number of nitrogens with two attached hydrogens (primary N) is 1. The van der Waals surface area contributed by atoms with Crippen molar-refractivity contribution >= 4 is 9.84 Å². The molecule has 1 aromatic carbocycles. The van der Waals surface area contributed by atoms with Crippen LogP contribution < -0.4 is 10.5 Å². The zero-order valence-electron chi connectivity index (χ0n) is 12.4. The van der Waals surface area contributed by atoms with Gasteiger partial charge in [0.1, 0.15) is 15.6 Å².